The molecule has 2 N–H and O–H groups in total. The van der Waals surface area contributed by atoms with Gasteiger partial charge < -0.3 is 15.4 Å². The lowest BCUT2D eigenvalue weighted by molar-refractivity contribution is 0.0341. The van der Waals surface area contributed by atoms with Gasteiger partial charge in [-0.2, -0.15) is 0 Å². The predicted molar refractivity (Wildman–Crippen MR) is 138 cm³/mol. The first kappa shape index (κ1) is 25.1. The molecule has 3 rings (SSSR count). The van der Waals surface area contributed by atoms with Crippen LogP contribution in [0.1, 0.15) is 34.7 Å². The van der Waals surface area contributed by atoms with Crippen LogP contribution in [0.5, 0.6) is 0 Å². The van der Waals surface area contributed by atoms with Gasteiger partial charge in [-0.1, -0.05) is 24.3 Å². The number of thiophene rings is 1. The van der Waals surface area contributed by atoms with Crippen LogP contribution in [-0.2, 0) is 24.2 Å². The fourth-order valence-electron chi connectivity index (χ4n) is 3.53. The highest BCUT2D eigenvalue weighted by Crippen LogP contribution is 2.17. The molecule has 0 spiro atoms. The summed E-state index contributed by atoms with van der Waals surface area (Å²) in [5, 5.41) is 6.96. The first-order valence-corrected chi connectivity index (χ1v) is 11.4. The molecule has 0 saturated carbocycles. The molecule has 166 valence electrons. The summed E-state index contributed by atoms with van der Waals surface area (Å²) in [6.07, 6.45) is 1.01. The van der Waals surface area contributed by atoms with Crippen LogP contribution in [0.2, 0.25) is 0 Å². The number of hydrogen-bond acceptors (Lipinski definition) is 4. The summed E-state index contributed by atoms with van der Waals surface area (Å²) < 4.78 is 5.47. The second-order valence-corrected chi connectivity index (χ2v) is 8.99. The van der Waals surface area contributed by atoms with Crippen molar-refractivity contribution in [3.05, 3.63) is 57.3 Å². The molecule has 2 heterocycles. The molecule has 30 heavy (non-hydrogen) atoms. The van der Waals surface area contributed by atoms with Crippen molar-refractivity contribution >= 4 is 41.3 Å². The molecule has 1 atom stereocenters. The zero-order chi connectivity index (χ0) is 20.5. The Hall–Kier alpha value is -1.16. The second kappa shape index (κ2) is 13.3. The lowest BCUT2D eigenvalue weighted by atomic mass is 10.1. The van der Waals surface area contributed by atoms with Gasteiger partial charge in [0, 0.05) is 48.4 Å². The largest absolute Gasteiger partial charge is 0.379 e. The topological polar surface area (TPSA) is 48.9 Å². The molecule has 1 unspecified atom stereocenters. The minimum Gasteiger partial charge on any atom is -0.379 e. The quantitative estimate of drug-likeness (QED) is 0.299. The van der Waals surface area contributed by atoms with E-state index in [1.165, 1.54) is 20.9 Å². The van der Waals surface area contributed by atoms with E-state index in [0.29, 0.717) is 12.6 Å². The maximum atomic E-state index is 5.47. The van der Waals surface area contributed by atoms with Crippen LogP contribution >= 0.6 is 35.3 Å². The summed E-state index contributed by atoms with van der Waals surface area (Å²) in [6.45, 7) is 12.6. The van der Waals surface area contributed by atoms with Crippen molar-refractivity contribution in [1.29, 1.82) is 0 Å². The van der Waals surface area contributed by atoms with Gasteiger partial charge in [0.25, 0.3) is 0 Å². The summed E-state index contributed by atoms with van der Waals surface area (Å²) in [5.74, 6) is 0.884. The molecule has 1 aliphatic rings. The zero-order valence-corrected chi connectivity index (χ0v) is 21.5. The fourth-order valence-corrected chi connectivity index (χ4v) is 4.55. The first-order chi connectivity index (χ1) is 14.1. The Bertz CT molecular complexity index is 789. The van der Waals surface area contributed by atoms with Crippen LogP contribution in [0.3, 0.4) is 0 Å². The van der Waals surface area contributed by atoms with E-state index < -0.39 is 0 Å². The number of morpholine rings is 1. The number of ether oxygens (including phenoxy) is 1. The Morgan fingerprint density at radius 2 is 1.90 bits per heavy atom. The van der Waals surface area contributed by atoms with E-state index >= 15 is 0 Å². The number of hydrogen-bond donors (Lipinski definition) is 2. The molecule has 0 radical (unpaired) electrons. The van der Waals surface area contributed by atoms with Gasteiger partial charge in [-0.15, -0.1) is 35.3 Å². The highest BCUT2D eigenvalue weighted by Gasteiger charge is 2.13. The van der Waals surface area contributed by atoms with E-state index in [1.54, 1.807) is 0 Å². The van der Waals surface area contributed by atoms with Gasteiger partial charge in [0.05, 0.1) is 19.8 Å². The van der Waals surface area contributed by atoms with Crippen molar-refractivity contribution in [3.8, 4) is 0 Å². The number of nitrogens with zero attached hydrogens (tertiary/aromatic N) is 2. The van der Waals surface area contributed by atoms with Gasteiger partial charge >= 0.3 is 0 Å². The normalized spacial score (nSPS) is 16.0. The van der Waals surface area contributed by atoms with Gasteiger partial charge in [0.2, 0.25) is 0 Å². The van der Waals surface area contributed by atoms with Crippen LogP contribution < -0.4 is 10.6 Å². The van der Waals surface area contributed by atoms with Crippen LogP contribution in [0, 0.1) is 6.92 Å². The lowest BCUT2D eigenvalue weighted by Gasteiger charge is -2.27. The smallest absolute Gasteiger partial charge is 0.191 e. The minimum atomic E-state index is 0. The third-order valence-electron chi connectivity index (χ3n) is 5.05. The molecule has 0 aliphatic carbocycles. The maximum absolute atomic E-state index is 5.47. The molecule has 0 amide bonds. The van der Waals surface area contributed by atoms with Gasteiger partial charge in [-0.05, 0) is 44.0 Å². The molecule has 1 saturated heterocycles. The Morgan fingerprint density at radius 3 is 2.57 bits per heavy atom. The van der Waals surface area contributed by atoms with E-state index in [4.69, 9.17) is 9.73 Å². The van der Waals surface area contributed by atoms with Crippen molar-refractivity contribution in [3.63, 3.8) is 0 Å². The minimum absolute atomic E-state index is 0. The third kappa shape index (κ3) is 8.17. The number of nitrogens with one attached hydrogen (secondary N) is 2. The average molecular weight is 543 g/mol. The molecule has 1 fully saturated rings. The molecule has 0 bridgehead atoms. The summed E-state index contributed by atoms with van der Waals surface area (Å²) in [6, 6.07) is 13.4. The Kier molecular flexibility index (Phi) is 11.1. The third-order valence-corrected chi connectivity index (χ3v) is 6.08. The van der Waals surface area contributed by atoms with E-state index in [-0.39, 0.29) is 24.0 Å². The van der Waals surface area contributed by atoms with Crippen molar-refractivity contribution in [2.45, 2.75) is 46.3 Å². The molecule has 7 heteroatoms. The van der Waals surface area contributed by atoms with Gasteiger partial charge in [-0.25, -0.2) is 4.99 Å². The Labute approximate surface area is 202 Å². The van der Waals surface area contributed by atoms with E-state index in [2.05, 4.69) is 72.7 Å². The van der Waals surface area contributed by atoms with Crippen molar-refractivity contribution in [2.24, 2.45) is 4.99 Å². The van der Waals surface area contributed by atoms with Gasteiger partial charge in [0.1, 0.15) is 0 Å². The molecule has 1 aromatic carbocycles. The Morgan fingerprint density at radius 1 is 1.17 bits per heavy atom. The first-order valence-electron chi connectivity index (χ1n) is 10.6. The molecule has 1 aliphatic heterocycles. The maximum Gasteiger partial charge on any atom is 0.191 e. The molecular weight excluding hydrogens is 507 g/mol. The molecule has 1 aromatic heterocycles. The standard InChI is InChI=1S/C23H34N4OS.HI/c1-4-24-23(26-18(2)15-22-10-9-19(3)29-22)25-16-20-7-5-6-8-21(20)17-27-11-13-28-14-12-27;/h5-10,18H,4,11-17H2,1-3H3,(H2,24,25,26);1H. The number of rotatable bonds is 8. The molecular formula is C23H35IN4OS. The SMILES string of the molecule is CCNC(=NCc1ccccc1CN1CCOCC1)NC(C)Cc1ccc(C)s1.I. The molecule has 2 aromatic rings. The van der Waals surface area contributed by atoms with Crippen LogP contribution in [0.25, 0.3) is 0 Å². The summed E-state index contributed by atoms with van der Waals surface area (Å²) in [7, 11) is 0. The Balaban J connectivity index is 0.00000320. The number of aliphatic imine (C=N–C) groups is 1. The summed E-state index contributed by atoms with van der Waals surface area (Å²) in [4.78, 5) is 10.1. The van der Waals surface area contributed by atoms with Crippen molar-refractivity contribution in [1.82, 2.24) is 15.5 Å². The number of benzene rings is 1. The van der Waals surface area contributed by atoms with Crippen molar-refractivity contribution < 1.29 is 4.74 Å². The molecule has 5 nitrogen and oxygen atoms in total. The zero-order valence-electron chi connectivity index (χ0n) is 18.3. The average Bonchev–Trinajstić information content (AvgIpc) is 3.12. The number of aryl methyl sites for hydroxylation is 1. The fraction of sp³-hybridized carbons (Fsp3) is 0.522. The van der Waals surface area contributed by atoms with E-state index in [9.17, 15) is 0 Å². The highest BCUT2D eigenvalue weighted by atomic mass is 127. The van der Waals surface area contributed by atoms with Crippen LogP contribution in [0.15, 0.2) is 41.4 Å². The monoisotopic (exact) mass is 542 g/mol. The lowest BCUT2D eigenvalue weighted by Crippen LogP contribution is -2.43. The van der Waals surface area contributed by atoms with Crippen molar-refractivity contribution in [2.75, 3.05) is 32.8 Å². The number of halogens is 1. The van der Waals surface area contributed by atoms with E-state index in [0.717, 1.165) is 51.8 Å². The summed E-state index contributed by atoms with van der Waals surface area (Å²) in [5.41, 5.74) is 2.65. The van der Waals surface area contributed by atoms with Gasteiger partial charge in [0.15, 0.2) is 5.96 Å². The number of guanidine groups is 1. The highest BCUT2D eigenvalue weighted by molar-refractivity contribution is 14.0. The predicted octanol–water partition coefficient (Wildman–Crippen LogP) is 4.19. The van der Waals surface area contributed by atoms with Gasteiger partial charge in [-0.3, -0.25) is 4.90 Å². The summed E-state index contributed by atoms with van der Waals surface area (Å²) >= 11 is 1.87. The van der Waals surface area contributed by atoms with Crippen LogP contribution in [0.4, 0.5) is 0 Å². The second-order valence-electron chi connectivity index (χ2n) is 7.61. The van der Waals surface area contributed by atoms with Crippen LogP contribution in [-0.4, -0.2) is 49.7 Å². The van der Waals surface area contributed by atoms with E-state index in [1.807, 2.05) is 11.3 Å².